The van der Waals surface area contributed by atoms with Crippen LogP contribution in [0.4, 0.5) is 0 Å². The third-order valence-corrected chi connectivity index (χ3v) is 3.43. The number of nitrogens with zero attached hydrogens (tertiary/aromatic N) is 1. The second kappa shape index (κ2) is 5.26. The van der Waals surface area contributed by atoms with Crippen LogP contribution >= 0.6 is 35.4 Å². The van der Waals surface area contributed by atoms with Crippen molar-refractivity contribution in [3.63, 3.8) is 0 Å². The minimum atomic E-state index is -0.145. The molecule has 1 aromatic carbocycles. The van der Waals surface area contributed by atoms with E-state index in [1.165, 1.54) is 4.90 Å². The lowest BCUT2D eigenvalue weighted by molar-refractivity contribution is -0.122. The Balaban J connectivity index is 2.35. The number of hydrogen-bond acceptors (Lipinski definition) is 2. The first-order valence-electron chi connectivity index (χ1n) is 5.32. The van der Waals surface area contributed by atoms with Crippen molar-refractivity contribution in [2.45, 2.75) is 6.92 Å². The van der Waals surface area contributed by atoms with Gasteiger partial charge in [0.15, 0.2) is 5.11 Å². The number of nitrogens with one attached hydrogen (secondary N) is 1. The second-order valence-corrected chi connectivity index (χ2v) is 4.93. The Bertz CT molecular complexity index is 557. The number of likely N-dealkylation sites (N-methyl/N-ethyl adjacent to an activating group) is 1. The van der Waals surface area contributed by atoms with Crippen molar-refractivity contribution in [3.05, 3.63) is 39.5 Å². The van der Waals surface area contributed by atoms with Gasteiger partial charge in [-0.3, -0.25) is 9.69 Å². The van der Waals surface area contributed by atoms with Crippen LogP contribution in [0.5, 0.6) is 0 Å². The predicted molar refractivity (Wildman–Crippen MR) is 77.6 cm³/mol. The van der Waals surface area contributed by atoms with Crippen LogP contribution in [0.1, 0.15) is 12.5 Å². The van der Waals surface area contributed by atoms with Gasteiger partial charge in [0.25, 0.3) is 5.91 Å². The highest BCUT2D eigenvalue weighted by molar-refractivity contribution is 7.80. The van der Waals surface area contributed by atoms with E-state index >= 15 is 0 Å². The number of carbonyl (C=O) groups is 1. The Labute approximate surface area is 120 Å². The molecule has 2 rings (SSSR count). The maximum atomic E-state index is 12.0. The van der Waals surface area contributed by atoms with Crippen molar-refractivity contribution in [2.75, 3.05) is 6.54 Å². The molecule has 1 aliphatic heterocycles. The Morgan fingerprint density at radius 2 is 2.17 bits per heavy atom. The van der Waals surface area contributed by atoms with Crippen LogP contribution in [0.2, 0.25) is 10.0 Å². The summed E-state index contributed by atoms with van der Waals surface area (Å²) in [4.78, 5) is 13.5. The van der Waals surface area contributed by atoms with E-state index in [4.69, 9.17) is 35.4 Å². The number of benzene rings is 1. The molecule has 0 atom stereocenters. The van der Waals surface area contributed by atoms with Gasteiger partial charge in [0.1, 0.15) is 5.70 Å². The van der Waals surface area contributed by atoms with E-state index < -0.39 is 0 Å². The molecule has 0 saturated carbocycles. The lowest BCUT2D eigenvalue weighted by Crippen LogP contribution is -2.30. The summed E-state index contributed by atoms with van der Waals surface area (Å²) in [6.07, 6.45) is 1.67. The third-order valence-electron chi connectivity index (χ3n) is 2.54. The third kappa shape index (κ3) is 2.51. The Morgan fingerprint density at radius 1 is 1.44 bits per heavy atom. The van der Waals surface area contributed by atoms with E-state index in [1.807, 2.05) is 6.92 Å². The van der Waals surface area contributed by atoms with Crippen LogP contribution in [0.25, 0.3) is 6.08 Å². The number of rotatable bonds is 2. The fourth-order valence-corrected chi connectivity index (χ4v) is 2.42. The molecule has 1 saturated heterocycles. The van der Waals surface area contributed by atoms with Crippen molar-refractivity contribution < 1.29 is 4.79 Å². The van der Waals surface area contributed by atoms with Gasteiger partial charge in [-0.1, -0.05) is 29.3 Å². The first-order valence-corrected chi connectivity index (χ1v) is 6.49. The van der Waals surface area contributed by atoms with Crippen molar-refractivity contribution >= 4 is 52.5 Å². The maximum Gasteiger partial charge on any atom is 0.276 e. The molecule has 0 aromatic heterocycles. The molecule has 1 amide bonds. The molecule has 1 heterocycles. The number of hydrogen-bond donors (Lipinski definition) is 1. The topological polar surface area (TPSA) is 32.3 Å². The highest BCUT2D eigenvalue weighted by Gasteiger charge is 2.29. The Hall–Kier alpha value is -1.10. The van der Waals surface area contributed by atoms with Gasteiger partial charge in [-0.15, -0.1) is 0 Å². The highest BCUT2D eigenvalue weighted by atomic mass is 35.5. The van der Waals surface area contributed by atoms with Gasteiger partial charge in [-0.25, -0.2) is 0 Å². The molecule has 0 unspecified atom stereocenters. The highest BCUT2D eigenvalue weighted by Crippen LogP contribution is 2.24. The summed E-state index contributed by atoms with van der Waals surface area (Å²) < 4.78 is 0. The molecule has 6 heteroatoms. The van der Waals surface area contributed by atoms with E-state index in [9.17, 15) is 4.79 Å². The molecule has 1 fully saturated rings. The fourth-order valence-electron chi connectivity index (χ4n) is 1.63. The summed E-state index contributed by atoms with van der Waals surface area (Å²) in [7, 11) is 0. The van der Waals surface area contributed by atoms with Crippen LogP contribution < -0.4 is 5.32 Å². The van der Waals surface area contributed by atoms with Crippen molar-refractivity contribution in [1.82, 2.24) is 10.2 Å². The smallest absolute Gasteiger partial charge is 0.276 e. The van der Waals surface area contributed by atoms with E-state index in [2.05, 4.69) is 5.32 Å². The van der Waals surface area contributed by atoms with Gasteiger partial charge in [0, 0.05) is 16.6 Å². The average molecular weight is 301 g/mol. The first kappa shape index (κ1) is 13.3. The zero-order chi connectivity index (χ0) is 13.3. The molecule has 3 nitrogen and oxygen atoms in total. The molecule has 0 radical (unpaired) electrons. The summed E-state index contributed by atoms with van der Waals surface area (Å²) >= 11 is 16.9. The fraction of sp³-hybridized carbons (Fsp3) is 0.167. The van der Waals surface area contributed by atoms with Crippen LogP contribution in [0.15, 0.2) is 23.9 Å². The SMILES string of the molecule is CCN1C(=O)/C(=C/c2ccc(Cl)cc2Cl)NC1=S. The Kier molecular flexibility index (Phi) is 3.90. The summed E-state index contributed by atoms with van der Waals surface area (Å²) in [6.45, 7) is 2.40. The first-order chi connectivity index (χ1) is 8.52. The summed E-state index contributed by atoms with van der Waals surface area (Å²) in [6, 6.07) is 5.10. The van der Waals surface area contributed by atoms with Gasteiger partial charge in [-0.05, 0) is 42.9 Å². The summed E-state index contributed by atoms with van der Waals surface area (Å²) in [5.74, 6) is -0.145. The molecule has 1 aliphatic rings. The van der Waals surface area contributed by atoms with Crippen LogP contribution in [0, 0.1) is 0 Å². The number of amides is 1. The molecular weight excluding hydrogens is 291 g/mol. The molecule has 0 aliphatic carbocycles. The normalized spacial score (nSPS) is 17.5. The van der Waals surface area contributed by atoms with Gasteiger partial charge < -0.3 is 5.32 Å². The largest absolute Gasteiger partial charge is 0.328 e. The van der Waals surface area contributed by atoms with Gasteiger partial charge in [0.05, 0.1) is 0 Å². The maximum absolute atomic E-state index is 12.0. The zero-order valence-electron chi connectivity index (χ0n) is 9.54. The van der Waals surface area contributed by atoms with E-state index in [0.717, 1.165) is 5.56 Å². The number of carbonyl (C=O) groups excluding carboxylic acids is 1. The van der Waals surface area contributed by atoms with Crippen LogP contribution in [0.3, 0.4) is 0 Å². The molecule has 0 spiro atoms. The number of halogens is 2. The quantitative estimate of drug-likeness (QED) is 0.673. The Morgan fingerprint density at radius 3 is 2.72 bits per heavy atom. The molecule has 94 valence electrons. The summed E-state index contributed by atoms with van der Waals surface area (Å²) in [5, 5.41) is 4.33. The number of thiocarbonyl (C=S) groups is 1. The van der Waals surface area contributed by atoms with Crippen molar-refractivity contribution in [3.8, 4) is 0 Å². The lowest BCUT2D eigenvalue weighted by Gasteiger charge is -2.08. The van der Waals surface area contributed by atoms with Crippen LogP contribution in [-0.2, 0) is 4.79 Å². The van der Waals surface area contributed by atoms with Gasteiger partial charge in [0.2, 0.25) is 0 Å². The van der Waals surface area contributed by atoms with Gasteiger partial charge >= 0.3 is 0 Å². The molecule has 1 N–H and O–H groups in total. The minimum Gasteiger partial charge on any atom is -0.328 e. The van der Waals surface area contributed by atoms with E-state index in [0.29, 0.717) is 27.4 Å². The average Bonchev–Trinajstić information content (AvgIpc) is 2.58. The molecule has 0 bridgehead atoms. The van der Waals surface area contributed by atoms with Crippen LogP contribution in [-0.4, -0.2) is 22.5 Å². The summed E-state index contributed by atoms with van der Waals surface area (Å²) in [5.41, 5.74) is 1.14. The monoisotopic (exact) mass is 300 g/mol. The standard InChI is InChI=1S/C12H10Cl2N2OS/c1-2-16-11(17)10(15-12(16)18)5-7-3-4-8(13)6-9(7)14/h3-6H,2H2,1H3,(H,15,18)/b10-5-. The predicted octanol–water partition coefficient (Wildman–Crippen LogP) is 3.07. The molecular formula is C12H10Cl2N2OS. The van der Waals surface area contributed by atoms with Crippen molar-refractivity contribution in [1.29, 1.82) is 0 Å². The lowest BCUT2D eigenvalue weighted by atomic mass is 10.2. The van der Waals surface area contributed by atoms with E-state index in [1.54, 1.807) is 24.3 Å². The minimum absolute atomic E-state index is 0.145. The second-order valence-electron chi connectivity index (χ2n) is 3.70. The molecule has 1 aromatic rings. The van der Waals surface area contributed by atoms with Crippen molar-refractivity contribution in [2.24, 2.45) is 0 Å². The zero-order valence-corrected chi connectivity index (χ0v) is 11.9. The van der Waals surface area contributed by atoms with Gasteiger partial charge in [-0.2, -0.15) is 0 Å². The van der Waals surface area contributed by atoms with E-state index in [-0.39, 0.29) is 5.91 Å². The molecule has 18 heavy (non-hydrogen) atoms.